The van der Waals surface area contributed by atoms with Crippen LogP contribution in [0.1, 0.15) is 17.2 Å². The lowest BCUT2D eigenvalue weighted by Crippen LogP contribution is -2.38. The number of rotatable bonds is 8. The molecule has 6 heteroatoms. The Morgan fingerprint density at radius 2 is 1.60 bits per heavy atom. The van der Waals surface area contributed by atoms with Gasteiger partial charge in [-0.3, -0.25) is 4.79 Å². The number of nitrogens with one attached hydrogen (secondary N) is 2. The third-order valence-corrected chi connectivity index (χ3v) is 3.55. The molecule has 2 N–H and O–H groups in total. The fourth-order valence-corrected chi connectivity index (χ4v) is 2.20. The summed E-state index contributed by atoms with van der Waals surface area (Å²) in [5.74, 6) is -0.311. The fourth-order valence-electron chi connectivity index (χ4n) is 2.20. The molecule has 0 bridgehead atoms. The minimum absolute atomic E-state index is 0.154. The normalized spacial score (nSPS) is 11.4. The lowest BCUT2D eigenvalue weighted by atomic mass is 10.1. The van der Waals surface area contributed by atoms with Gasteiger partial charge in [-0.1, -0.05) is 60.7 Å². The summed E-state index contributed by atoms with van der Waals surface area (Å²) >= 11 is 0. The van der Waals surface area contributed by atoms with Crippen LogP contribution in [0.25, 0.3) is 0 Å². The van der Waals surface area contributed by atoms with Crippen LogP contribution in [0.3, 0.4) is 0 Å². The van der Waals surface area contributed by atoms with E-state index in [2.05, 4.69) is 10.6 Å². The summed E-state index contributed by atoms with van der Waals surface area (Å²) in [7, 11) is 1.59. The van der Waals surface area contributed by atoms with E-state index < -0.39 is 6.09 Å². The Morgan fingerprint density at radius 3 is 2.24 bits per heavy atom. The summed E-state index contributed by atoms with van der Waals surface area (Å²) in [5, 5.41) is 5.15. The van der Waals surface area contributed by atoms with Crippen LogP contribution in [-0.4, -0.2) is 32.2 Å². The van der Waals surface area contributed by atoms with Gasteiger partial charge >= 0.3 is 6.09 Å². The zero-order chi connectivity index (χ0) is 17.9. The Hall–Kier alpha value is -2.86. The van der Waals surface area contributed by atoms with E-state index in [1.807, 2.05) is 60.7 Å². The van der Waals surface area contributed by atoms with Crippen molar-refractivity contribution in [3.63, 3.8) is 0 Å². The van der Waals surface area contributed by atoms with Gasteiger partial charge < -0.3 is 20.1 Å². The zero-order valence-electron chi connectivity index (χ0n) is 14.1. The van der Waals surface area contributed by atoms with E-state index in [4.69, 9.17) is 9.47 Å². The third kappa shape index (κ3) is 6.64. The molecule has 0 aliphatic carbocycles. The van der Waals surface area contributed by atoms with E-state index in [-0.39, 0.29) is 25.2 Å². The number of carbonyl (C=O) groups excluding carboxylic acids is 2. The molecule has 0 aromatic heterocycles. The molecule has 2 amide bonds. The molecule has 2 aromatic rings. The first-order chi connectivity index (χ1) is 12.2. The van der Waals surface area contributed by atoms with Crippen molar-refractivity contribution in [2.24, 2.45) is 0 Å². The molecule has 6 nitrogen and oxygen atoms in total. The van der Waals surface area contributed by atoms with Crippen molar-refractivity contribution in [1.29, 1.82) is 0 Å². The standard InChI is InChI=1S/C19H22N2O4/c1-24-17(16-10-6-3-7-11-16)12-20-18(22)13-21-19(23)25-14-15-8-4-2-5-9-15/h2-11,17H,12-14H2,1H3,(H,20,22)(H,21,23)/t17-/m0/s1. The molecular formula is C19H22N2O4. The third-order valence-electron chi connectivity index (χ3n) is 3.55. The molecule has 0 aliphatic rings. The van der Waals surface area contributed by atoms with Crippen LogP contribution < -0.4 is 10.6 Å². The van der Waals surface area contributed by atoms with Gasteiger partial charge in [0, 0.05) is 13.7 Å². The first kappa shape index (κ1) is 18.5. The van der Waals surface area contributed by atoms with Crippen molar-refractivity contribution in [2.75, 3.05) is 20.2 Å². The number of hydrogen-bond donors (Lipinski definition) is 2. The first-order valence-corrected chi connectivity index (χ1v) is 7.98. The van der Waals surface area contributed by atoms with E-state index in [1.165, 1.54) is 0 Å². The fraction of sp³-hybridized carbons (Fsp3) is 0.263. The molecule has 0 heterocycles. The topological polar surface area (TPSA) is 76.7 Å². The predicted molar refractivity (Wildman–Crippen MR) is 93.8 cm³/mol. The Labute approximate surface area is 147 Å². The van der Waals surface area contributed by atoms with Crippen molar-refractivity contribution >= 4 is 12.0 Å². The van der Waals surface area contributed by atoms with Gasteiger partial charge in [-0.25, -0.2) is 4.79 Å². The average molecular weight is 342 g/mol. The van der Waals surface area contributed by atoms with Crippen molar-refractivity contribution < 1.29 is 19.1 Å². The highest BCUT2D eigenvalue weighted by molar-refractivity contribution is 5.82. The van der Waals surface area contributed by atoms with E-state index in [9.17, 15) is 9.59 Å². The Bertz CT molecular complexity index is 662. The van der Waals surface area contributed by atoms with Crippen molar-refractivity contribution in [3.05, 3.63) is 71.8 Å². The summed E-state index contributed by atoms with van der Waals surface area (Å²) in [6.07, 6.45) is -0.875. The summed E-state index contributed by atoms with van der Waals surface area (Å²) < 4.78 is 10.4. The number of alkyl carbamates (subject to hydrolysis) is 1. The maximum atomic E-state index is 11.8. The monoisotopic (exact) mass is 342 g/mol. The van der Waals surface area contributed by atoms with Gasteiger partial charge in [-0.05, 0) is 11.1 Å². The van der Waals surface area contributed by atoms with Gasteiger partial charge in [0.05, 0.1) is 12.6 Å². The highest BCUT2D eigenvalue weighted by Gasteiger charge is 2.12. The lowest BCUT2D eigenvalue weighted by Gasteiger charge is -2.16. The maximum absolute atomic E-state index is 11.8. The number of amides is 2. The first-order valence-electron chi connectivity index (χ1n) is 7.98. The van der Waals surface area contributed by atoms with E-state index in [1.54, 1.807) is 7.11 Å². The van der Waals surface area contributed by atoms with Gasteiger partial charge in [-0.15, -0.1) is 0 Å². The van der Waals surface area contributed by atoms with Gasteiger partial charge in [-0.2, -0.15) is 0 Å². The SMILES string of the molecule is CO[C@@H](CNC(=O)CNC(=O)OCc1ccccc1)c1ccccc1. The number of hydrogen-bond acceptors (Lipinski definition) is 4. The molecule has 1 atom stereocenters. The van der Waals surface area contributed by atoms with Crippen LogP contribution in [-0.2, 0) is 20.9 Å². The van der Waals surface area contributed by atoms with Gasteiger partial charge in [0.1, 0.15) is 6.61 Å². The van der Waals surface area contributed by atoms with Crippen LogP contribution in [0.2, 0.25) is 0 Å². The molecule has 0 saturated carbocycles. The van der Waals surface area contributed by atoms with Gasteiger partial charge in [0.2, 0.25) is 5.91 Å². The molecule has 0 unspecified atom stereocenters. The molecule has 0 aliphatic heterocycles. The number of ether oxygens (including phenoxy) is 2. The molecule has 132 valence electrons. The average Bonchev–Trinajstić information content (AvgIpc) is 2.67. The second kappa shape index (κ2) is 10.1. The second-order valence-corrected chi connectivity index (χ2v) is 5.35. The predicted octanol–water partition coefficient (Wildman–Crippen LogP) is 2.42. The van der Waals surface area contributed by atoms with Crippen molar-refractivity contribution in [3.8, 4) is 0 Å². The molecule has 0 radical (unpaired) electrons. The summed E-state index contributed by atoms with van der Waals surface area (Å²) in [4.78, 5) is 23.4. The smallest absolute Gasteiger partial charge is 0.407 e. The van der Waals surface area contributed by atoms with Crippen molar-refractivity contribution in [1.82, 2.24) is 10.6 Å². The number of benzene rings is 2. The minimum atomic E-state index is -0.634. The maximum Gasteiger partial charge on any atom is 0.407 e. The molecular weight excluding hydrogens is 320 g/mol. The van der Waals surface area contributed by atoms with Crippen molar-refractivity contribution in [2.45, 2.75) is 12.7 Å². The van der Waals surface area contributed by atoms with Crippen LogP contribution in [0, 0.1) is 0 Å². The van der Waals surface area contributed by atoms with E-state index in [0.717, 1.165) is 11.1 Å². The van der Waals surface area contributed by atoms with Crippen LogP contribution in [0.4, 0.5) is 4.79 Å². The zero-order valence-corrected chi connectivity index (χ0v) is 14.1. The number of carbonyl (C=O) groups is 2. The summed E-state index contributed by atoms with van der Waals surface area (Å²) in [5.41, 5.74) is 1.86. The molecule has 2 rings (SSSR count). The summed E-state index contributed by atoms with van der Waals surface area (Å²) in [6.45, 7) is 0.326. The molecule has 0 saturated heterocycles. The Balaban J connectivity index is 1.67. The Morgan fingerprint density at radius 1 is 0.960 bits per heavy atom. The van der Waals surface area contributed by atoms with Crippen LogP contribution in [0.5, 0.6) is 0 Å². The van der Waals surface area contributed by atoms with Gasteiger partial charge in [0.25, 0.3) is 0 Å². The quantitative estimate of drug-likeness (QED) is 0.772. The van der Waals surface area contributed by atoms with Crippen LogP contribution in [0.15, 0.2) is 60.7 Å². The molecule has 0 spiro atoms. The molecule has 25 heavy (non-hydrogen) atoms. The Kier molecular flexibility index (Phi) is 7.46. The van der Waals surface area contributed by atoms with Gasteiger partial charge in [0.15, 0.2) is 0 Å². The number of methoxy groups -OCH3 is 1. The second-order valence-electron chi connectivity index (χ2n) is 5.35. The highest BCUT2D eigenvalue weighted by atomic mass is 16.5. The lowest BCUT2D eigenvalue weighted by molar-refractivity contribution is -0.120. The van der Waals surface area contributed by atoms with Crippen LogP contribution >= 0.6 is 0 Å². The summed E-state index contributed by atoms with van der Waals surface area (Å²) in [6, 6.07) is 18.9. The minimum Gasteiger partial charge on any atom is -0.445 e. The van der Waals surface area contributed by atoms with E-state index in [0.29, 0.717) is 6.54 Å². The largest absolute Gasteiger partial charge is 0.445 e. The van der Waals surface area contributed by atoms with E-state index >= 15 is 0 Å². The molecule has 0 fully saturated rings. The highest BCUT2D eigenvalue weighted by Crippen LogP contribution is 2.14. The molecule has 2 aromatic carbocycles.